The highest BCUT2D eigenvalue weighted by atomic mass is 79.9. The molecule has 0 radical (unpaired) electrons. The number of thioether (sulfide) groups is 1. The summed E-state index contributed by atoms with van der Waals surface area (Å²) >= 11 is 4.83. The molecule has 1 aromatic carbocycles. The molecule has 7 nitrogen and oxygen atoms in total. The van der Waals surface area contributed by atoms with E-state index in [2.05, 4.69) is 36.4 Å². The van der Waals surface area contributed by atoms with Crippen LogP contribution in [0.1, 0.15) is 12.5 Å². The maximum Gasteiger partial charge on any atom is 0.265 e. The van der Waals surface area contributed by atoms with E-state index in [1.165, 1.54) is 18.0 Å². The Labute approximate surface area is 149 Å². The number of halogens is 1. The van der Waals surface area contributed by atoms with Crippen molar-refractivity contribution >= 4 is 50.3 Å². The van der Waals surface area contributed by atoms with E-state index < -0.39 is 0 Å². The average Bonchev–Trinajstić information content (AvgIpc) is 3.17. The van der Waals surface area contributed by atoms with Crippen molar-refractivity contribution in [2.75, 3.05) is 11.1 Å². The van der Waals surface area contributed by atoms with Crippen LogP contribution < -0.4 is 10.9 Å². The first kappa shape index (κ1) is 15.4. The maximum absolute atomic E-state index is 12.6. The molecule has 4 rings (SSSR count). The number of H-pyrrole nitrogens is 1. The molecule has 1 amide bonds. The Morgan fingerprint density at radius 3 is 3.00 bits per heavy atom. The van der Waals surface area contributed by atoms with Crippen LogP contribution in [0.4, 0.5) is 5.69 Å². The lowest BCUT2D eigenvalue weighted by atomic mass is 10.2. The molecule has 3 heterocycles. The lowest BCUT2D eigenvalue weighted by Gasteiger charge is -2.13. The van der Waals surface area contributed by atoms with Gasteiger partial charge in [-0.2, -0.15) is 5.10 Å². The number of nitrogens with zero attached hydrogens (tertiary/aromatic N) is 3. The van der Waals surface area contributed by atoms with Crippen molar-refractivity contribution in [1.29, 1.82) is 0 Å². The van der Waals surface area contributed by atoms with Crippen LogP contribution in [-0.2, 0) is 4.79 Å². The molecule has 2 N–H and O–H groups in total. The molecule has 3 aromatic rings. The number of aromatic amines is 1. The summed E-state index contributed by atoms with van der Waals surface area (Å²) in [7, 11) is 0. The minimum Gasteiger partial charge on any atom is -0.326 e. The predicted molar refractivity (Wildman–Crippen MR) is 95.3 cm³/mol. The van der Waals surface area contributed by atoms with Gasteiger partial charge in [0, 0.05) is 22.3 Å². The summed E-state index contributed by atoms with van der Waals surface area (Å²) in [5, 5.41) is 10.5. The Balaban J connectivity index is 1.56. The second-order valence-corrected chi connectivity index (χ2v) is 7.33. The van der Waals surface area contributed by atoms with Crippen molar-refractivity contribution in [3.8, 4) is 0 Å². The van der Waals surface area contributed by atoms with Crippen molar-refractivity contribution in [2.24, 2.45) is 0 Å². The number of nitrogens with one attached hydrogen (secondary N) is 2. The van der Waals surface area contributed by atoms with Crippen molar-refractivity contribution in [1.82, 2.24) is 19.7 Å². The summed E-state index contributed by atoms with van der Waals surface area (Å²) in [5.41, 5.74) is 1.05. The van der Waals surface area contributed by atoms with Crippen molar-refractivity contribution in [2.45, 2.75) is 17.6 Å². The van der Waals surface area contributed by atoms with Crippen LogP contribution in [0.2, 0.25) is 0 Å². The zero-order valence-electron chi connectivity index (χ0n) is 12.3. The molecule has 0 aliphatic carbocycles. The number of anilines is 1. The maximum atomic E-state index is 12.6. The Morgan fingerprint density at radius 2 is 2.21 bits per heavy atom. The zero-order chi connectivity index (χ0) is 16.7. The average molecular weight is 406 g/mol. The molecule has 1 aliphatic heterocycles. The van der Waals surface area contributed by atoms with Crippen LogP contribution >= 0.6 is 27.7 Å². The molecule has 1 unspecified atom stereocenters. The fourth-order valence-electron chi connectivity index (χ4n) is 2.67. The van der Waals surface area contributed by atoms with Gasteiger partial charge in [-0.05, 0) is 24.3 Å². The molecule has 1 aliphatic rings. The molecular formula is C15H12BrN5O2S. The monoisotopic (exact) mass is 405 g/mol. The summed E-state index contributed by atoms with van der Waals surface area (Å²) in [6.45, 7) is 0. The third-order valence-electron chi connectivity index (χ3n) is 3.80. The minimum absolute atomic E-state index is 0.130. The second-order valence-electron chi connectivity index (χ2n) is 5.43. The van der Waals surface area contributed by atoms with Crippen LogP contribution in [-0.4, -0.2) is 31.4 Å². The molecule has 24 heavy (non-hydrogen) atoms. The molecule has 0 saturated carbocycles. The van der Waals surface area contributed by atoms with Crippen LogP contribution in [0.25, 0.3) is 11.0 Å². The molecule has 9 heteroatoms. The Hall–Kier alpha value is -2.13. The van der Waals surface area contributed by atoms with Crippen molar-refractivity contribution in [3.63, 3.8) is 0 Å². The number of benzene rings is 1. The van der Waals surface area contributed by atoms with Gasteiger partial charge in [-0.15, -0.1) is 0 Å². The molecule has 1 atom stereocenters. The standard InChI is InChI=1S/C15H12BrN5O2S/c16-8-1-3-9(4-2-8)18-12(22)5-10-7-24-15-19-13-11(6-17-20-13)14(23)21(10)15/h1-4,6,10H,5,7H2,(H,17,20)(H,18,22). The SMILES string of the molecule is O=C(CC1CSc2nc3[nH]ncc3c(=O)n21)Nc1ccc(Br)cc1. The van der Waals surface area contributed by atoms with E-state index in [1.807, 2.05) is 24.3 Å². The van der Waals surface area contributed by atoms with Gasteiger partial charge >= 0.3 is 0 Å². The van der Waals surface area contributed by atoms with Gasteiger partial charge in [0.15, 0.2) is 10.8 Å². The first-order valence-corrected chi connectivity index (χ1v) is 9.03. The summed E-state index contributed by atoms with van der Waals surface area (Å²) in [4.78, 5) is 29.3. The van der Waals surface area contributed by atoms with E-state index >= 15 is 0 Å². The van der Waals surface area contributed by atoms with Gasteiger partial charge in [0.25, 0.3) is 5.56 Å². The molecule has 0 saturated heterocycles. The van der Waals surface area contributed by atoms with Crippen LogP contribution in [0.5, 0.6) is 0 Å². The van der Waals surface area contributed by atoms with Crippen LogP contribution in [0.3, 0.4) is 0 Å². The van der Waals surface area contributed by atoms with E-state index in [9.17, 15) is 9.59 Å². The predicted octanol–water partition coefficient (Wildman–Crippen LogP) is 2.56. The summed E-state index contributed by atoms with van der Waals surface area (Å²) < 4.78 is 2.55. The first-order valence-electron chi connectivity index (χ1n) is 7.25. The number of hydrogen-bond acceptors (Lipinski definition) is 5. The molecular weight excluding hydrogens is 394 g/mol. The van der Waals surface area contributed by atoms with Gasteiger partial charge in [-0.25, -0.2) is 4.98 Å². The lowest BCUT2D eigenvalue weighted by Crippen LogP contribution is -2.27. The van der Waals surface area contributed by atoms with E-state index in [0.717, 1.165) is 10.2 Å². The summed E-state index contributed by atoms with van der Waals surface area (Å²) in [6.07, 6.45) is 1.70. The first-order chi connectivity index (χ1) is 11.6. The number of fused-ring (bicyclic) bond motifs is 2. The number of amides is 1. The van der Waals surface area contributed by atoms with Gasteiger partial charge in [0.1, 0.15) is 5.39 Å². The fourth-order valence-corrected chi connectivity index (χ4v) is 4.07. The van der Waals surface area contributed by atoms with Gasteiger partial charge in [-0.3, -0.25) is 19.3 Å². The minimum atomic E-state index is -0.209. The van der Waals surface area contributed by atoms with Gasteiger partial charge in [0.2, 0.25) is 5.91 Å². The second kappa shape index (κ2) is 6.06. The van der Waals surface area contributed by atoms with Gasteiger partial charge < -0.3 is 5.32 Å². The molecule has 2 aromatic heterocycles. The largest absolute Gasteiger partial charge is 0.326 e. The Bertz CT molecular complexity index is 982. The van der Waals surface area contributed by atoms with Crippen LogP contribution in [0, 0.1) is 0 Å². The fraction of sp³-hybridized carbons (Fsp3) is 0.200. The van der Waals surface area contributed by atoms with Gasteiger partial charge in [-0.1, -0.05) is 27.7 Å². The van der Waals surface area contributed by atoms with E-state index in [-0.39, 0.29) is 23.9 Å². The normalized spacial score (nSPS) is 16.3. The van der Waals surface area contributed by atoms with E-state index in [0.29, 0.717) is 21.9 Å². The number of hydrogen-bond donors (Lipinski definition) is 2. The zero-order valence-corrected chi connectivity index (χ0v) is 14.7. The van der Waals surface area contributed by atoms with E-state index in [4.69, 9.17) is 0 Å². The number of aromatic nitrogens is 4. The van der Waals surface area contributed by atoms with Crippen molar-refractivity contribution in [3.05, 3.63) is 45.3 Å². The smallest absolute Gasteiger partial charge is 0.265 e. The number of carbonyl (C=O) groups is 1. The summed E-state index contributed by atoms with van der Waals surface area (Å²) in [5.74, 6) is 0.519. The summed E-state index contributed by atoms with van der Waals surface area (Å²) in [6, 6.07) is 7.16. The highest BCUT2D eigenvalue weighted by molar-refractivity contribution is 9.10. The van der Waals surface area contributed by atoms with Crippen LogP contribution in [0.15, 0.2) is 44.9 Å². The van der Waals surface area contributed by atoms with Crippen molar-refractivity contribution < 1.29 is 4.79 Å². The van der Waals surface area contributed by atoms with E-state index in [1.54, 1.807) is 4.57 Å². The number of carbonyl (C=O) groups excluding carboxylic acids is 1. The quantitative estimate of drug-likeness (QED) is 0.653. The molecule has 0 bridgehead atoms. The Kier molecular flexibility index (Phi) is 3.89. The topological polar surface area (TPSA) is 92.7 Å². The number of rotatable bonds is 3. The third kappa shape index (κ3) is 2.73. The third-order valence-corrected chi connectivity index (χ3v) is 5.43. The highest BCUT2D eigenvalue weighted by Gasteiger charge is 2.28. The molecule has 0 fully saturated rings. The Morgan fingerprint density at radius 1 is 1.42 bits per heavy atom. The lowest BCUT2D eigenvalue weighted by molar-refractivity contribution is -0.116. The van der Waals surface area contributed by atoms with Gasteiger partial charge in [0.05, 0.1) is 12.2 Å². The molecule has 0 spiro atoms. The highest BCUT2D eigenvalue weighted by Crippen LogP contribution is 2.33. The molecule has 122 valence electrons.